The number of hydrogen-bond acceptors (Lipinski definition) is 4. The molecule has 0 unspecified atom stereocenters. The van der Waals surface area contributed by atoms with Gasteiger partial charge in [0.2, 0.25) is 5.91 Å². The van der Waals surface area contributed by atoms with Gasteiger partial charge in [-0.3, -0.25) is 19.4 Å². The molecule has 0 radical (unpaired) electrons. The number of benzene rings is 2. The number of hydrogen-bond donors (Lipinski definition) is 1. The number of aliphatic carboxylic acids is 1. The molecule has 0 saturated carbocycles. The minimum atomic E-state index is -1.57. The van der Waals surface area contributed by atoms with Crippen LogP contribution in [0.3, 0.4) is 0 Å². The van der Waals surface area contributed by atoms with Gasteiger partial charge in [0.25, 0.3) is 0 Å². The molecule has 6 nitrogen and oxygen atoms in total. The van der Waals surface area contributed by atoms with Gasteiger partial charge in [0.15, 0.2) is 29.1 Å². The lowest BCUT2D eigenvalue weighted by Crippen LogP contribution is -2.56. The van der Waals surface area contributed by atoms with Crippen molar-refractivity contribution < 1.29 is 36.6 Å². The Hall–Kier alpha value is -3.05. The molecule has 0 spiro atoms. The van der Waals surface area contributed by atoms with Crippen molar-refractivity contribution in [3.05, 3.63) is 70.0 Å². The number of halogens is 5. The summed E-state index contributed by atoms with van der Waals surface area (Å²) in [5, 5.41) is 9.85. The second-order valence-corrected chi connectivity index (χ2v) is 11.6. The maximum absolute atomic E-state index is 14.8. The second kappa shape index (κ2) is 11.4. The summed E-state index contributed by atoms with van der Waals surface area (Å²) in [5.41, 5.74) is -0.334. The standard InChI is InChI=1S/C29H34F5N3O3/c1-16-5-6-17(24(32)23(16)31)13-22(28(39)40)35-9-11-36(12-10-35)27(38)20-15-37(29(2,3)4)14-19(20)18-7-8-21(30)26(34)25(18)33/h5-8,19-20,22H,9-15H2,1-4H3,(H,39,40)/t19-,20+,22-/m0/s1. The molecule has 3 atom stereocenters. The lowest BCUT2D eigenvalue weighted by molar-refractivity contribution is -0.145. The first-order valence-corrected chi connectivity index (χ1v) is 13.3. The van der Waals surface area contributed by atoms with Crippen molar-refractivity contribution in [2.24, 2.45) is 5.92 Å². The molecule has 2 fully saturated rings. The number of carboxylic acid groups (broad SMARTS) is 1. The van der Waals surface area contributed by atoms with Crippen molar-refractivity contribution in [3.8, 4) is 0 Å². The SMILES string of the molecule is Cc1ccc(C[C@@H](C(=O)O)N2CCN(C(=O)[C@@H]3CN(C(C)(C)C)C[C@H]3c3ccc(F)c(F)c3F)CC2)c(F)c1F. The summed E-state index contributed by atoms with van der Waals surface area (Å²) in [5.74, 6) is -9.14. The van der Waals surface area contributed by atoms with Gasteiger partial charge in [0, 0.05) is 57.1 Å². The van der Waals surface area contributed by atoms with Crippen molar-refractivity contribution in [2.75, 3.05) is 39.3 Å². The molecule has 0 aliphatic carbocycles. The van der Waals surface area contributed by atoms with Crippen molar-refractivity contribution in [3.63, 3.8) is 0 Å². The topological polar surface area (TPSA) is 64.1 Å². The van der Waals surface area contributed by atoms with E-state index in [2.05, 4.69) is 0 Å². The first-order valence-electron chi connectivity index (χ1n) is 13.3. The van der Waals surface area contributed by atoms with Gasteiger partial charge in [-0.2, -0.15) is 0 Å². The molecule has 2 aliphatic rings. The van der Waals surface area contributed by atoms with E-state index in [4.69, 9.17) is 0 Å². The maximum Gasteiger partial charge on any atom is 0.321 e. The monoisotopic (exact) mass is 567 g/mol. The summed E-state index contributed by atoms with van der Waals surface area (Å²) in [6.07, 6.45) is -0.243. The van der Waals surface area contributed by atoms with Gasteiger partial charge < -0.3 is 10.0 Å². The van der Waals surface area contributed by atoms with E-state index in [9.17, 15) is 36.6 Å². The summed E-state index contributed by atoms with van der Waals surface area (Å²) in [7, 11) is 0. The van der Waals surface area contributed by atoms with Gasteiger partial charge in [-0.15, -0.1) is 0 Å². The van der Waals surface area contributed by atoms with E-state index in [1.54, 1.807) is 9.80 Å². The first-order chi connectivity index (χ1) is 18.7. The van der Waals surface area contributed by atoms with Crippen LogP contribution in [0.1, 0.15) is 43.4 Å². The van der Waals surface area contributed by atoms with Gasteiger partial charge in [-0.05, 0) is 50.5 Å². The van der Waals surface area contributed by atoms with E-state index < -0.39 is 52.9 Å². The largest absolute Gasteiger partial charge is 0.480 e. The molecule has 2 aromatic carbocycles. The van der Waals surface area contributed by atoms with Crippen molar-refractivity contribution in [1.29, 1.82) is 0 Å². The summed E-state index contributed by atoms with van der Waals surface area (Å²) >= 11 is 0. The van der Waals surface area contributed by atoms with Gasteiger partial charge in [0.1, 0.15) is 6.04 Å². The van der Waals surface area contributed by atoms with Crippen molar-refractivity contribution in [1.82, 2.24) is 14.7 Å². The highest BCUT2D eigenvalue weighted by molar-refractivity contribution is 5.81. The van der Waals surface area contributed by atoms with Crippen LogP contribution in [0, 0.1) is 41.9 Å². The molecule has 2 saturated heterocycles. The van der Waals surface area contributed by atoms with E-state index in [1.165, 1.54) is 25.1 Å². The van der Waals surface area contributed by atoms with Crippen LogP contribution in [0.4, 0.5) is 22.0 Å². The van der Waals surface area contributed by atoms with Crippen LogP contribution in [0.15, 0.2) is 24.3 Å². The van der Waals surface area contributed by atoms with E-state index in [-0.39, 0.29) is 67.3 Å². The molecule has 2 heterocycles. The molecular formula is C29H34F5N3O3. The molecule has 218 valence electrons. The number of piperazine rings is 1. The molecule has 4 rings (SSSR count). The average Bonchev–Trinajstić information content (AvgIpc) is 3.36. The van der Waals surface area contributed by atoms with Crippen molar-refractivity contribution in [2.45, 2.75) is 51.6 Å². The smallest absolute Gasteiger partial charge is 0.321 e. The number of rotatable bonds is 6. The summed E-state index contributed by atoms with van der Waals surface area (Å²) in [4.78, 5) is 31.0. The van der Waals surface area contributed by atoms with Gasteiger partial charge in [-0.25, -0.2) is 22.0 Å². The normalized spacial score (nSPS) is 21.6. The third kappa shape index (κ3) is 5.85. The number of aryl methyl sites for hydroxylation is 1. The van der Waals surface area contributed by atoms with Crippen LogP contribution in [0.2, 0.25) is 0 Å². The Balaban J connectivity index is 1.50. The fourth-order valence-electron chi connectivity index (χ4n) is 5.66. The molecule has 1 amide bonds. The van der Waals surface area contributed by atoms with Crippen LogP contribution >= 0.6 is 0 Å². The molecule has 2 aliphatic heterocycles. The zero-order chi connectivity index (χ0) is 29.5. The zero-order valence-corrected chi connectivity index (χ0v) is 23.0. The number of likely N-dealkylation sites (tertiary alicyclic amines) is 1. The molecule has 11 heteroatoms. The molecule has 40 heavy (non-hydrogen) atoms. The third-order valence-electron chi connectivity index (χ3n) is 8.17. The lowest BCUT2D eigenvalue weighted by Gasteiger charge is -2.39. The minimum absolute atomic E-state index is 0.0429. The Morgan fingerprint density at radius 2 is 1.55 bits per heavy atom. The zero-order valence-electron chi connectivity index (χ0n) is 23.0. The van der Waals surface area contributed by atoms with E-state index in [0.717, 1.165) is 6.07 Å². The summed E-state index contributed by atoms with van der Waals surface area (Å²) < 4.78 is 71.0. The Morgan fingerprint density at radius 1 is 0.900 bits per heavy atom. The predicted octanol–water partition coefficient (Wildman–Crippen LogP) is 4.34. The fraction of sp³-hybridized carbons (Fsp3) is 0.517. The lowest BCUT2D eigenvalue weighted by atomic mass is 9.87. The summed E-state index contributed by atoms with van der Waals surface area (Å²) in [6.45, 7) is 8.55. The number of carbonyl (C=O) groups is 2. The highest BCUT2D eigenvalue weighted by atomic mass is 19.2. The van der Waals surface area contributed by atoms with Crippen LogP contribution in [-0.4, -0.2) is 82.5 Å². The van der Waals surface area contributed by atoms with E-state index in [0.29, 0.717) is 6.54 Å². The van der Waals surface area contributed by atoms with Crippen molar-refractivity contribution >= 4 is 11.9 Å². The molecule has 2 aromatic rings. The fourth-order valence-corrected chi connectivity index (χ4v) is 5.66. The van der Waals surface area contributed by atoms with E-state index in [1.807, 2.05) is 25.7 Å². The Labute approximate surface area is 230 Å². The first kappa shape index (κ1) is 29.9. The number of carbonyl (C=O) groups excluding carboxylic acids is 1. The van der Waals surface area contributed by atoms with Gasteiger partial charge in [0.05, 0.1) is 5.92 Å². The minimum Gasteiger partial charge on any atom is -0.480 e. The molecule has 0 aromatic heterocycles. The average molecular weight is 568 g/mol. The number of nitrogens with zero attached hydrogens (tertiary/aromatic N) is 3. The van der Waals surface area contributed by atoms with Gasteiger partial charge >= 0.3 is 5.97 Å². The van der Waals surface area contributed by atoms with Crippen LogP contribution in [0.25, 0.3) is 0 Å². The van der Waals surface area contributed by atoms with Gasteiger partial charge in [-0.1, -0.05) is 18.2 Å². The van der Waals surface area contributed by atoms with Crippen LogP contribution in [-0.2, 0) is 16.0 Å². The molecular weight excluding hydrogens is 533 g/mol. The Morgan fingerprint density at radius 3 is 2.15 bits per heavy atom. The third-order valence-corrected chi connectivity index (χ3v) is 8.17. The maximum atomic E-state index is 14.8. The van der Waals surface area contributed by atoms with E-state index >= 15 is 0 Å². The quantitative estimate of drug-likeness (QED) is 0.416. The number of amides is 1. The highest BCUT2D eigenvalue weighted by Gasteiger charge is 2.45. The molecule has 1 N–H and O–H groups in total. The Kier molecular flexibility index (Phi) is 8.56. The number of carboxylic acids is 1. The highest BCUT2D eigenvalue weighted by Crippen LogP contribution is 2.39. The second-order valence-electron chi connectivity index (χ2n) is 11.6. The summed E-state index contributed by atoms with van der Waals surface area (Å²) in [6, 6.07) is 3.71. The van der Waals surface area contributed by atoms with Crippen LogP contribution < -0.4 is 0 Å². The Bertz CT molecular complexity index is 1290. The molecule has 0 bridgehead atoms. The van der Waals surface area contributed by atoms with Crippen LogP contribution in [0.5, 0.6) is 0 Å². The predicted molar refractivity (Wildman–Crippen MR) is 138 cm³/mol.